The summed E-state index contributed by atoms with van der Waals surface area (Å²) in [4.78, 5) is 14.2. The number of nitrogens with zero attached hydrogens (tertiary/aromatic N) is 1. The van der Waals surface area contributed by atoms with Crippen LogP contribution in [0.5, 0.6) is 5.75 Å². The topological polar surface area (TPSA) is 41.6 Å². The molecule has 0 unspecified atom stereocenters. The van der Waals surface area contributed by atoms with E-state index in [1.165, 1.54) is 11.1 Å². The average molecular weight is 304 g/mol. The Bertz CT molecular complexity index is 482. The molecule has 1 heterocycles. The first-order valence-electron chi connectivity index (χ1n) is 8.47. The molecule has 4 heteroatoms. The van der Waals surface area contributed by atoms with Crippen LogP contribution in [-0.2, 0) is 17.6 Å². The van der Waals surface area contributed by atoms with E-state index in [1.54, 1.807) is 0 Å². The molecule has 0 bridgehead atoms. The van der Waals surface area contributed by atoms with Gasteiger partial charge in [0, 0.05) is 32.6 Å². The first kappa shape index (κ1) is 16.8. The van der Waals surface area contributed by atoms with Crippen LogP contribution in [0.4, 0.5) is 0 Å². The van der Waals surface area contributed by atoms with Crippen molar-refractivity contribution in [3.05, 3.63) is 29.3 Å². The average Bonchev–Trinajstić information content (AvgIpc) is 2.58. The zero-order valence-electron chi connectivity index (χ0n) is 13.9. The fraction of sp³-hybridized carbons (Fsp3) is 0.611. The molecule has 0 atom stereocenters. The van der Waals surface area contributed by atoms with E-state index in [2.05, 4.69) is 31.3 Å². The lowest BCUT2D eigenvalue weighted by molar-refractivity contribution is -0.131. The van der Waals surface area contributed by atoms with Crippen LogP contribution in [-0.4, -0.2) is 43.6 Å². The molecular weight excluding hydrogens is 276 g/mol. The van der Waals surface area contributed by atoms with E-state index in [4.69, 9.17) is 4.74 Å². The Labute approximate surface area is 133 Å². The highest BCUT2D eigenvalue weighted by molar-refractivity contribution is 5.76. The van der Waals surface area contributed by atoms with Crippen LogP contribution in [0.2, 0.25) is 0 Å². The summed E-state index contributed by atoms with van der Waals surface area (Å²) in [6, 6.07) is 6.27. The first-order valence-corrected chi connectivity index (χ1v) is 8.47. The monoisotopic (exact) mass is 304 g/mol. The molecule has 22 heavy (non-hydrogen) atoms. The Balaban J connectivity index is 1.92. The third kappa shape index (κ3) is 4.73. The van der Waals surface area contributed by atoms with Crippen LogP contribution in [0.1, 0.15) is 37.8 Å². The van der Waals surface area contributed by atoms with Crippen LogP contribution < -0.4 is 10.1 Å². The molecule has 1 amide bonds. The summed E-state index contributed by atoms with van der Waals surface area (Å²) in [6.07, 6.45) is 3.41. The predicted octanol–water partition coefficient (Wildman–Crippen LogP) is 2.40. The molecule has 1 aromatic carbocycles. The van der Waals surface area contributed by atoms with E-state index in [9.17, 15) is 4.79 Å². The van der Waals surface area contributed by atoms with Gasteiger partial charge in [0.15, 0.2) is 0 Å². The Morgan fingerprint density at radius 2 is 2.00 bits per heavy atom. The second kappa shape index (κ2) is 8.79. The van der Waals surface area contributed by atoms with Gasteiger partial charge in [-0.1, -0.05) is 19.9 Å². The molecule has 0 aromatic heterocycles. The van der Waals surface area contributed by atoms with E-state index in [1.807, 2.05) is 11.0 Å². The second-order valence-corrected chi connectivity index (χ2v) is 5.76. The molecule has 4 nitrogen and oxygen atoms in total. The number of aryl methyl sites for hydroxylation is 2. The Hall–Kier alpha value is -1.55. The minimum atomic E-state index is 0.273. The lowest BCUT2D eigenvalue weighted by Gasteiger charge is -2.27. The molecule has 1 saturated heterocycles. The smallest absolute Gasteiger partial charge is 0.222 e. The normalized spacial score (nSPS) is 14.9. The van der Waals surface area contributed by atoms with Gasteiger partial charge in [-0.05, 0) is 42.5 Å². The SMILES string of the molecule is CCCOc1ccc(CCC(=O)N2CCNCC2)c(CC)c1. The van der Waals surface area contributed by atoms with Crippen LogP contribution in [0, 0.1) is 0 Å². The third-order valence-electron chi connectivity index (χ3n) is 4.11. The highest BCUT2D eigenvalue weighted by Crippen LogP contribution is 2.20. The number of ether oxygens (including phenoxy) is 1. The summed E-state index contributed by atoms with van der Waals surface area (Å²) in [5.41, 5.74) is 2.57. The van der Waals surface area contributed by atoms with Crippen LogP contribution in [0.3, 0.4) is 0 Å². The van der Waals surface area contributed by atoms with Crippen molar-refractivity contribution in [2.75, 3.05) is 32.8 Å². The molecule has 1 aromatic rings. The maximum absolute atomic E-state index is 12.3. The van der Waals surface area contributed by atoms with E-state index < -0.39 is 0 Å². The molecule has 1 N–H and O–H groups in total. The van der Waals surface area contributed by atoms with Crippen LogP contribution >= 0.6 is 0 Å². The summed E-state index contributed by atoms with van der Waals surface area (Å²) >= 11 is 0. The molecule has 2 rings (SSSR count). The minimum absolute atomic E-state index is 0.273. The minimum Gasteiger partial charge on any atom is -0.494 e. The number of piperazine rings is 1. The van der Waals surface area contributed by atoms with Crippen molar-refractivity contribution in [1.82, 2.24) is 10.2 Å². The maximum atomic E-state index is 12.3. The number of hydrogen-bond donors (Lipinski definition) is 1. The number of amides is 1. The molecule has 0 spiro atoms. The molecule has 1 aliphatic heterocycles. The van der Waals surface area contributed by atoms with Crippen molar-refractivity contribution in [3.8, 4) is 5.75 Å². The molecule has 1 fully saturated rings. The van der Waals surface area contributed by atoms with Gasteiger partial charge >= 0.3 is 0 Å². The van der Waals surface area contributed by atoms with Gasteiger partial charge in [-0.2, -0.15) is 0 Å². The van der Waals surface area contributed by atoms with Crippen LogP contribution in [0.25, 0.3) is 0 Å². The molecule has 1 aliphatic rings. The number of rotatable bonds is 7. The highest BCUT2D eigenvalue weighted by atomic mass is 16.5. The zero-order valence-corrected chi connectivity index (χ0v) is 13.9. The number of hydrogen-bond acceptors (Lipinski definition) is 3. The largest absolute Gasteiger partial charge is 0.494 e. The number of carbonyl (C=O) groups is 1. The lowest BCUT2D eigenvalue weighted by atomic mass is 10.00. The summed E-state index contributed by atoms with van der Waals surface area (Å²) in [7, 11) is 0. The van der Waals surface area contributed by atoms with Gasteiger partial charge in [0.2, 0.25) is 5.91 Å². The number of carbonyl (C=O) groups excluding carboxylic acids is 1. The zero-order chi connectivity index (χ0) is 15.8. The fourth-order valence-electron chi connectivity index (χ4n) is 2.80. The predicted molar refractivity (Wildman–Crippen MR) is 89.4 cm³/mol. The molecule has 122 valence electrons. The Morgan fingerprint density at radius 3 is 2.68 bits per heavy atom. The van der Waals surface area contributed by atoms with Gasteiger partial charge in [0.25, 0.3) is 0 Å². The van der Waals surface area contributed by atoms with Crippen molar-refractivity contribution < 1.29 is 9.53 Å². The van der Waals surface area contributed by atoms with Gasteiger partial charge in [0.1, 0.15) is 5.75 Å². The van der Waals surface area contributed by atoms with Crippen molar-refractivity contribution in [3.63, 3.8) is 0 Å². The third-order valence-corrected chi connectivity index (χ3v) is 4.11. The highest BCUT2D eigenvalue weighted by Gasteiger charge is 2.16. The van der Waals surface area contributed by atoms with E-state index in [-0.39, 0.29) is 5.91 Å². The van der Waals surface area contributed by atoms with E-state index >= 15 is 0 Å². The maximum Gasteiger partial charge on any atom is 0.222 e. The Morgan fingerprint density at radius 1 is 1.23 bits per heavy atom. The summed E-state index contributed by atoms with van der Waals surface area (Å²) in [5, 5.41) is 3.28. The first-order chi connectivity index (χ1) is 10.7. The summed E-state index contributed by atoms with van der Waals surface area (Å²) in [5.74, 6) is 1.21. The summed E-state index contributed by atoms with van der Waals surface area (Å²) in [6.45, 7) is 8.51. The summed E-state index contributed by atoms with van der Waals surface area (Å²) < 4.78 is 5.69. The van der Waals surface area contributed by atoms with Gasteiger partial charge in [-0.3, -0.25) is 4.79 Å². The molecule has 0 radical (unpaired) electrons. The number of benzene rings is 1. The van der Waals surface area contributed by atoms with Crippen molar-refractivity contribution in [2.45, 2.75) is 39.5 Å². The molecule has 0 aliphatic carbocycles. The second-order valence-electron chi connectivity index (χ2n) is 5.76. The standard InChI is InChI=1S/C18H28N2O2/c1-3-13-22-17-7-5-16(15(4-2)14-17)6-8-18(21)20-11-9-19-10-12-20/h5,7,14,19H,3-4,6,8-13H2,1-2H3. The van der Waals surface area contributed by atoms with E-state index in [0.717, 1.165) is 57.8 Å². The van der Waals surface area contributed by atoms with Crippen LogP contribution in [0.15, 0.2) is 18.2 Å². The molecule has 0 saturated carbocycles. The van der Waals surface area contributed by atoms with Crippen molar-refractivity contribution in [2.24, 2.45) is 0 Å². The van der Waals surface area contributed by atoms with Gasteiger partial charge in [0.05, 0.1) is 6.61 Å². The lowest BCUT2D eigenvalue weighted by Crippen LogP contribution is -2.46. The van der Waals surface area contributed by atoms with Gasteiger partial charge < -0.3 is 15.0 Å². The molecular formula is C18H28N2O2. The number of nitrogens with one attached hydrogen (secondary N) is 1. The van der Waals surface area contributed by atoms with E-state index in [0.29, 0.717) is 6.42 Å². The van der Waals surface area contributed by atoms with Gasteiger partial charge in [-0.15, -0.1) is 0 Å². The van der Waals surface area contributed by atoms with Crippen molar-refractivity contribution in [1.29, 1.82) is 0 Å². The van der Waals surface area contributed by atoms with Gasteiger partial charge in [-0.25, -0.2) is 0 Å². The van der Waals surface area contributed by atoms with Crippen molar-refractivity contribution >= 4 is 5.91 Å². The fourth-order valence-corrected chi connectivity index (χ4v) is 2.80. The Kier molecular flexibility index (Phi) is 6.72. The quantitative estimate of drug-likeness (QED) is 0.841.